The van der Waals surface area contributed by atoms with E-state index in [1.165, 1.54) is 12.8 Å². The van der Waals surface area contributed by atoms with E-state index in [1.807, 2.05) is 11.9 Å². The third-order valence-electron chi connectivity index (χ3n) is 5.66. The maximum Gasteiger partial charge on any atom is 0.254 e. The summed E-state index contributed by atoms with van der Waals surface area (Å²) in [7, 11) is 2.05. The number of aromatic nitrogens is 4. The summed E-state index contributed by atoms with van der Waals surface area (Å²) in [6.45, 7) is 4.56. The van der Waals surface area contributed by atoms with E-state index < -0.39 is 0 Å². The third kappa shape index (κ3) is 3.80. The molecule has 2 aliphatic heterocycles. The number of likely N-dealkylation sites (tertiary alicyclic amines) is 2. The molecule has 8 heteroatoms. The normalized spacial score (nSPS) is 20.9. The lowest BCUT2D eigenvalue weighted by Crippen LogP contribution is -2.39. The third-order valence-corrected chi connectivity index (χ3v) is 5.66. The van der Waals surface area contributed by atoms with E-state index in [9.17, 15) is 4.79 Å². The van der Waals surface area contributed by atoms with Crippen LogP contribution in [-0.4, -0.2) is 61.6 Å². The summed E-state index contributed by atoms with van der Waals surface area (Å²) in [5.74, 6) is 2.59. The predicted octanol–water partition coefficient (Wildman–Crippen LogP) is 1.41. The van der Waals surface area contributed by atoms with Crippen LogP contribution in [0.15, 0.2) is 18.3 Å². The van der Waals surface area contributed by atoms with Gasteiger partial charge in [-0.25, -0.2) is 4.98 Å². The fourth-order valence-corrected chi connectivity index (χ4v) is 4.15. The van der Waals surface area contributed by atoms with Crippen molar-refractivity contribution in [3.63, 3.8) is 0 Å². The number of carbonyl (C=O) groups is 1. The zero-order valence-corrected chi connectivity index (χ0v) is 15.8. The molecule has 0 saturated carbocycles. The highest BCUT2D eigenvalue weighted by Crippen LogP contribution is 2.27. The van der Waals surface area contributed by atoms with Gasteiger partial charge in [0.05, 0.1) is 6.54 Å². The van der Waals surface area contributed by atoms with E-state index in [2.05, 4.69) is 24.6 Å². The second kappa shape index (κ2) is 7.64. The van der Waals surface area contributed by atoms with Crippen LogP contribution >= 0.6 is 0 Å². The molecular formula is C19H27N7O. The summed E-state index contributed by atoms with van der Waals surface area (Å²) in [5, 5.41) is 8.92. The number of amides is 1. The number of anilines is 1. The lowest BCUT2D eigenvalue weighted by atomic mass is 9.96. The maximum atomic E-state index is 12.8. The molecule has 0 bridgehead atoms. The zero-order valence-electron chi connectivity index (χ0n) is 15.8. The Balaban J connectivity index is 1.46. The first-order valence-electron chi connectivity index (χ1n) is 9.73. The molecule has 2 aromatic heterocycles. The molecule has 0 aliphatic carbocycles. The summed E-state index contributed by atoms with van der Waals surface area (Å²) in [5.41, 5.74) is 6.32. The highest BCUT2D eigenvalue weighted by atomic mass is 16.2. The molecule has 0 aromatic carbocycles. The largest absolute Gasteiger partial charge is 0.384 e. The smallest absolute Gasteiger partial charge is 0.254 e. The van der Waals surface area contributed by atoms with Crippen molar-refractivity contribution in [3.8, 4) is 0 Å². The molecule has 0 spiro atoms. The SMILES string of the molecule is Cn1c(CN2CCCC2)nnc1[C@@H]1CCCN(C(=O)c2ccnc(N)c2)C1. The van der Waals surface area contributed by atoms with Gasteiger partial charge in [-0.15, -0.1) is 10.2 Å². The summed E-state index contributed by atoms with van der Waals surface area (Å²) in [4.78, 5) is 21.1. The van der Waals surface area contributed by atoms with Crippen LogP contribution in [0.5, 0.6) is 0 Å². The molecule has 2 saturated heterocycles. The number of nitrogens with two attached hydrogens (primary N) is 1. The van der Waals surface area contributed by atoms with E-state index in [-0.39, 0.29) is 11.8 Å². The molecule has 0 radical (unpaired) electrons. The molecular weight excluding hydrogens is 342 g/mol. The van der Waals surface area contributed by atoms with Crippen molar-refractivity contribution in [2.24, 2.45) is 7.05 Å². The Morgan fingerprint density at radius 2 is 2.04 bits per heavy atom. The van der Waals surface area contributed by atoms with Crippen LogP contribution in [-0.2, 0) is 13.6 Å². The number of carbonyl (C=O) groups excluding carboxylic acids is 1. The van der Waals surface area contributed by atoms with Crippen LogP contribution in [0.25, 0.3) is 0 Å². The van der Waals surface area contributed by atoms with Crippen molar-refractivity contribution in [3.05, 3.63) is 35.5 Å². The van der Waals surface area contributed by atoms with E-state index in [4.69, 9.17) is 5.73 Å². The van der Waals surface area contributed by atoms with Gasteiger partial charge in [0.15, 0.2) is 0 Å². The van der Waals surface area contributed by atoms with Gasteiger partial charge in [-0.05, 0) is 50.9 Å². The minimum absolute atomic E-state index is 0.00765. The second-order valence-corrected chi connectivity index (χ2v) is 7.58. The molecule has 1 atom stereocenters. The van der Waals surface area contributed by atoms with E-state index >= 15 is 0 Å². The van der Waals surface area contributed by atoms with Crippen molar-refractivity contribution in [1.82, 2.24) is 29.5 Å². The Hall–Kier alpha value is -2.48. The summed E-state index contributed by atoms with van der Waals surface area (Å²) in [6.07, 6.45) is 6.11. The molecule has 27 heavy (non-hydrogen) atoms. The Bertz CT molecular complexity index is 812. The highest BCUT2D eigenvalue weighted by Gasteiger charge is 2.29. The Morgan fingerprint density at radius 3 is 2.81 bits per heavy atom. The molecule has 144 valence electrons. The average molecular weight is 369 g/mol. The minimum Gasteiger partial charge on any atom is -0.384 e. The van der Waals surface area contributed by atoms with Gasteiger partial charge < -0.3 is 15.2 Å². The number of piperidine rings is 1. The van der Waals surface area contributed by atoms with Crippen LogP contribution < -0.4 is 5.73 Å². The number of hydrogen-bond acceptors (Lipinski definition) is 6. The van der Waals surface area contributed by atoms with Crippen molar-refractivity contribution in [2.45, 2.75) is 38.1 Å². The van der Waals surface area contributed by atoms with Gasteiger partial charge in [0.2, 0.25) is 0 Å². The number of pyridine rings is 1. The molecule has 8 nitrogen and oxygen atoms in total. The summed E-state index contributed by atoms with van der Waals surface area (Å²) < 4.78 is 2.13. The Labute approximate surface area is 159 Å². The van der Waals surface area contributed by atoms with Crippen LogP contribution in [0.1, 0.15) is 53.6 Å². The second-order valence-electron chi connectivity index (χ2n) is 7.58. The molecule has 2 fully saturated rings. The van der Waals surface area contributed by atoms with Gasteiger partial charge in [-0.3, -0.25) is 9.69 Å². The van der Waals surface area contributed by atoms with Crippen LogP contribution in [0.4, 0.5) is 5.82 Å². The van der Waals surface area contributed by atoms with Crippen LogP contribution in [0, 0.1) is 0 Å². The molecule has 0 unspecified atom stereocenters. The van der Waals surface area contributed by atoms with Crippen molar-refractivity contribution < 1.29 is 4.79 Å². The minimum atomic E-state index is 0.00765. The lowest BCUT2D eigenvalue weighted by Gasteiger charge is -2.32. The number of hydrogen-bond donors (Lipinski definition) is 1. The van der Waals surface area contributed by atoms with Gasteiger partial charge in [0, 0.05) is 37.8 Å². The van der Waals surface area contributed by atoms with Crippen LogP contribution in [0.2, 0.25) is 0 Å². The maximum absolute atomic E-state index is 12.8. The zero-order chi connectivity index (χ0) is 18.8. The first kappa shape index (κ1) is 17.9. The lowest BCUT2D eigenvalue weighted by molar-refractivity contribution is 0.0703. The number of nitrogens with zero attached hydrogens (tertiary/aromatic N) is 6. The summed E-state index contributed by atoms with van der Waals surface area (Å²) >= 11 is 0. The summed E-state index contributed by atoms with van der Waals surface area (Å²) in [6, 6.07) is 3.36. The van der Waals surface area contributed by atoms with Gasteiger partial charge in [0.1, 0.15) is 17.5 Å². The quantitative estimate of drug-likeness (QED) is 0.876. The van der Waals surface area contributed by atoms with Gasteiger partial charge in [-0.2, -0.15) is 0 Å². The number of nitrogen functional groups attached to an aromatic ring is 1. The standard InChI is InChI=1S/C19H27N7O/c1-24-17(13-25-8-2-3-9-25)22-23-18(24)15-5-4-10-26(12-15)19(27)14-6-7-21-16(20)11-14/h6-7,11,15H,2-5,8-10,12-13H2,1H3,(H2,20,21)/t15-/m1/s1. The van der Waals surface area contributed by atoms with E-state index in [1.54, 1.807) is 18.3 Å². The monoisotopic (exact) mass is 369 g/mol. The van der Waals surface area contributed by atoms with Crippen molar-refractivity contribution >= 4 is 11.7 Å². The fraction of sp³-hybridized carbons (Fsp3) is 0.579. The molecule has 2 aromatic rings. The highest BCUT2D eigenvalue weighted by molar-refractivity contribution is 5.94. The van der Waals surface area contributed by atoms with E-state index in [0.29, 0.717) is 17.9 Å². The topological polar surface area (TPSA) is 93.2 Å². The Morgan fingerprint density at radius 1 is 1.22 bits per heavy atom. The molecule has 2 N–H and O–H groups in total. The number of rotatable bonds is 4. The fourth-order valence-electron chi connectivity index (χ4n) is 4.15. The molecule has 1 amide bonds. The Kier molecular flexibility index (Phi) is 5.07. The van der Waals surface area contributed by atoms with Crippen molar-refractivity contribution in [1.29, 1.82) is 0 Å². The first-order valence-corrected chi connectivity index (χ1v) is 9.73. The van der Waals surface area contributed by atoms with Gasteiger partial charge in [0.25, 0.3) is 5.91 Å². The van der Waals surface area contributed by atoms with Gasteiger partial charge in [-0.1, -0.05) is 0 Å². The molecule has 4 rings (SSSR count). The first-order chi connectivity index (χ1) is 13.1. The van der Waals surface area contributed by atoms with E-state index in [0.717, 1.165) is 50.7 Å². The molecule has 4 heterocycles. The van der Waals surface area contributed by atoms with Crippen molar-refractivity contribution in [2.75, 3.05) is 31.9 Å². The van der Waals surface area contributed by atoms with Crippen LogP contribution in [0.3, 0.4) is 0 Å². The van der Waals surface area contributed by atoms with Gasteiger partial charge >= 0.3 is 0 Å². The molecule has 2 aliphatic rings. The predicted molar refractivity (Wildman–Crippen MR) is 102 cm³/mol. The average Bonchev–Trinajstić information content (AvgIpc) is 3.32.